The standard InChI is InChI=1S/C25H23Cl2N3O2S.C6H14.C4H7Cl.2C2H6/c26-19-6-4-5-18(15-19)25(32)29-23-16-20(9-12-22(23)27)28-24(31)17-7-10-21(11-8-17)30-13-2-1-3-14-33-30;1-3-5-6-4-2;1-3-4(2)5;2*1-2/h4-12,15-16H,1-3,13-14H2,(H,28,31)(H,29,32);3-6H2,1-2H3;3H,1-2H3;2*1-2H3/b;;4-3+;;. The molecule has 0 bridgehead atoms. The molecule has 0 atom stereocenters. The van der Waals surface area contributed by atoms with Crippen LogP contribution >= 0.6 is 46.8 Å². The molecule has 1 aliphatic heterocycles. The molecule has 266 valence electrons. The number of benzene rings is 3. The van der Waals surface area contributed by atoms with Gasteiger partial charge >= 0.3 is 0 Å². The van der Waals surface area contributed by atoms with E-state index in [1.54, 1.807) is 42.5 Å². The Kier molecular flexibility index (Phi) is 26.7. The Labute approximate surface area is 310 Å². The second-order valence-electron chi connectivity index (χ2n) is 10.2. The Balaban J connectivity index is 0.00000125. The van der Waals surface area contributed by atoms with Crippen molar-refractivity contribution < 1.29 is 9.59 Å². The van der Waals surface area contributed by atoms with E-state index in [-0.39, 0.29) is 11.8 Å². The van der Waals surface area contributed by atoms with Crippen LogP contribution < -0.4 is 14.9 Å². The van der Waals surface area contributed by atoms with Gasteiger partial charge in [-0.15, -0.1) is 0 Å². The molecule has 0 aliphatic carbocycles. The highest BCUT2D eigenvalue weighted by atomic mass is 35.5. The molecule has 2 N–H and O–H groups in total. The summed E-state index contributed by atoms with van der Waals surface area (Å²) in [4.78, 5) is 25.3. The summed E-state index contributed by atoms with van der Waals surface area (Å²) >= 11 is 19.4. The highest BCUT2D eigenvalue weighted by Gasteiger charge is 2.14. The van der Waals surface area contributed by atoms with Gasteiger partial charge in [-0.1, -0.05) is 121 Å². The average Bonchev–Trinajstić information content (AvgIpc) is 3.41. The topological polar surface area (TPSA) is 61.4 Å². The summed E-state index contributed by atoms with van der Waals surface area (Å²) in [5.74, 6) is 0.541. The quantitative estimate of drug-likeness (QED) is 0.179. The minimum absolute atomic E-state index is 0.237. The number of carbonyl (C=O) groups is 2. The summed E-state index contributed by atoms with van der Waals surface area (Å²) in [5, 5.41) is 7.32. The normalized spacial score (nSPS) is 12.1. The van der Waals surface area contributed by atoms with E-state index >= 15 is 0 Å². The van der Waals surface area contributed by atoms with Gasteiger partial charge in [-0.2, -0.15) is 0 Å². The predicted octanol–water partition coefficient (Wildman–Crippen LogP) is 13.9. The van der Waals surface area contributed by atoms with Crippen LogP contribution in [0.1, 0.15) is 121 Å². The maximum Gasteiger partial charge on any atom is 0.255 e. The van der Waals surface area contributed by atoms with Gasteiger partial charge in [-0.3, -0.25) is 9.59 Å². The fourth-order valence-electron chi connectivity index (χ4n) is 3.98. The summed E-state index contributed by atoms with van der Waals surface area (Å²) in [7, 11) is 0. The maximum atomic E-state index is 12.8. The summed E-state index contributed by atoms with van der Waals surface area (Å²) in [6.07, 6.45) is 11.1. The monoisotopic (exact) mass is 735 g/mol. The Bertz CT molecular complexity index is 1330. The van der Waals surface area contributed by atoms with E-state index in [2.05, 4.69) is 28.8 Å². The third kappa shape index (κ3) is 18.8. The Morgan fingerprint density at radius 3 is 1.98 bits per heavy atom. The second kappa shape index (κ2) is 28.2. The van der Waals surface area contributed by atoms with Crippen LogP contribution in [0.15, 0.2) is 77.8 Å². The lowest BCUT2D eigenvalue weighted by atomic mass is 10.1. The largest absolute Gasteiger partial charge is 0.322 e. The van der Waals surface area contributed by atoms with Gasteiger partial charge < -0.3 is 14.9 Å². The minimum atomic E-state index is -0.343. The van der Waals surface area contributed by atoms with Crippen molar-refractivity contribution in [3.8, 4) is 0 Å². The molecule has 3 aromatic rings. The van der Waals surface area contributed by atoms with Gasteiger partial charge in [0.1, 0.15) is 0 Å². The highest BCUT2D eigenvalue weighted by molar-refractivity contribution is 8.00. The number of halogens is 3. The van der Waals surface area contributed by atoms with Crippen molar-refractivity contribution in [1.82, 2.24) is 0 Å². The van der Waals surface area contributed by atoms with E-state index in [4.69, 9.17) is 34.8 Å². The molecule has 5 nitrogen and oxygen atoms in total. The molecule has 4 rings (SSSR count). The van der Waals surface area contributed by atoms with Crippen LogP contribution in [0.4, 0.5) is 17.1 Å². The molecule has 1 fully saturated rings. The van der Waals surface area contributed by atoms with Crippen LogP contribution in [0, 0.1) is 0 Å². The Hall–Kier alpha value is -2.64. The first-order chi connectivity index (χ1) is 23.2. The molecular formula is C39H56Cl3N3O2S. The van der Waals surface area contributed by atoms with Crippen molar-refractivity contribution in [3.05, 3.63) is 99.0 Å². The van der Waals surface area contributed by atoms with E-state index in [9.17, 15) is 9.59 Å². The first-order valence-corrected chi connectivity index (χ1v) is 19.2. The van der Waals surface area contributed by atoms with Gasteiger partial charge in [0.25, 0.3) is 11.8 Å². The molecule has 1 aliphatic rings. The number of allylic oxidation sites excluding steroid dienone is 2. The van der Waals surface area contributed by atoms with E-state index in [0.717, 1.165) is 23.0 Å². The number of nitrogens with zero attached hydrogens (tertiary/aromatic N) is 1. The van der Waals surface area contributed by atoms with E-state index in [1.165, 1.54) is 44.9 Å². The molecular weight excluding hydrogens is 681 g/mol. The number of carbonyl (C=O) groups excluding carboxylic acids is 2. The van der Waals surface area contributed by atoms with E-state index < -0.39 is 0 Å². The van der Waals surface area contributed by atoms with Crippen molar-refractivity contribution in [2.45, 2.75) is 100 Å². The number of amides is 2. The zero-order valence-electron chi connectivity index (χ0n) is 30.1. The average molecular weight is 737 g/mol. The molecule has 3 aromatic carbocycles. The highest BCUT2D eigenvalue weighted by Crippen LogP contribution is 2.29. The van der Waals surface area contributed by atoms with Crippen molar-refractivity contribution in [2.24, 2.45) is 0 Å². The summed E-state index contributed by atoms with van der Waals surface area (Å²) in [6, 6.07) is 19.2. The molecule has 0 spiro atoms. The van der Waals surface area contributed by atoms with Crippen molar-refractivity contribution in [3.63, 3.8) is 0 Å². The van der Waals surface area contributed by atoms with E-state index in [0.29, 0.717) is 32.5 Å². The van der Waals surface area contributed by atoms with Crippen LogP contribution in [-0.2, 0) is 0 Å². The molecule has 0 saturated carbocycles. The number of anilines is 3. The third-order valence-corrected chi connectivity index (χ3v) is 8.54. The first kappa shape index (κ1) is 45.4. The van der Waals surface area contributed by atoms with Gasteiger partial charge in [0, 0.05) is 44.9 Å². The zero-order chi connectivity index (χ0) is 36.3. The number of hydrogen-bond donors (Lipinski definition) is 2. The minimum Gasteiger partial charge on any atom is -0.322 e. The van der Waals surface area contributed by atoms with Crippen LogP contribution in [0.5, 0.6) is 0 Å². The molecule has 0 radical (unpaired) electrons. The summed E-state index contributed by atoms with van der Waals surface area (Å²) in [6.45, 7) is 17.2. The third-order valence-electron chi connectivity index (χ3n) is 6.58. The lowest BCUT2D eigenvalue weighted by Crippen LogP contribution is -2.16. The SMILES string of the molecule is C/C=C(\C)Cl.CC.CC.CCCCCC.O=C(Nc1ccc(Cl)c(NC(=O)c2cccc(Cl)c2)c1)c1ccc(N2CCCCCS2)cc1. The van der Waals surface area contributed by atoms with Crippen LogP contribution in [0.25, 0.3) is 0 Å². The number of hydrogen-bond acceptors (Lipinski definition) is 4. The fourth-order valence-corrected chi connectivity index (χ4v) is 5.42. The summed E-state index contributed by atoms with van der Waals surface area (Å²) < 4.78 is 2.29. The van der Waals surface area contributed by atoms with Gasteiger partial charge in [0.2, 0.25) is 0 Å². The maximum absolute atomic E-state index is 12.8. The molecule has 9 heteroatoms. The lowest BCUT2D eigenvalue weighted by Gasteiger charge is -2.21. The van der Waals surface area contributed by atoms with Gasteiger partial charge in [-0.25, -0.2) is 0 Å². The molecule has 0 unspecified atom stereocenters. The van der Waals surface area contributed by atoms with Gasteiger partial charge in [-0.05, 0) is 99.3 Å². The fraction of sp³-hybridized carbons (Fsp3) is 0.436. The van der Waals surface area contributed by atoms with Crippen molar-refractivity contribution >= 4 is 75.6 Å². The second-order valence-corrected chi connectivity index (χ2v) is 12.8. The van der Waals surface area contributed by atoms with Gasteiger partial charge in [0.05, 0.1) is 10.7 Å². The first-order valence-electron chi connectivity index (χ1n) is 17.1. The van der Waals surface area contributed by atoms with Crippen LogP contribution in [0.2, 0.25) is 10.0 Å². The van der Waals surface area contributed by atoms with E-state index in [1.807, 2.05) is 83.8 Å². The Morgan fingerprint density at radius 1 is 0.812 bits per heavy atom. The number of unbranched alkanes of at least 4 members (excludes halogenated alkanes) is 3. The molecule has 1 heterocycles. The molecule has 0 aromatic heterocycles. The predicted molar refractivity (Wildman–Crippen MR) is 217 cm³/mol. The van der Waals surface area contributed by atoms with Crippen molar-refractivity contribution in [2.75, 3.05) is 27.2 Å². The molecule has 1 saturated heterocycles. The number of nitrogens with one attached hydrogen (secondary N) is 2. The van der Waals surface area contributed by atoms with Gasteiger partial charge in [0.15, 0.2) is 0 Å². The van der Waals surface area contributed by atoms with Crippen LogP contribution in [0.3, 0.4) is 0 Å². The summed E-state index contributed by atoms with van der Waals surface area (Å²) in [5.41, 5.74) is 3.00. The lowest BCUT2D eigenvalue weighted by molar-refractivity contribution is 0.101. The number of rotatable bonds is 8. The molecule has 48 heavy (non-hydrogen) atoms. The van der Waals surface area contributed by atoms with Crippen LogP contribution in [-0.4, -0.2) is 24.1 Å². The van der Waals surface area contributed by atoms with Crippen molar-refractivity contribution in [1.29, 1.82) is 0 Å². The smallest absolute Gasteiger partial charge is 0.255 e. The Morgan fingerprint density at radius 2 is 1.42 bits per heavy atom. The zero-order valence-corrected chi connectivity index (χ0v) is 33.2. The molecule has 2 amide bonds.